The Morgan fingerprint density at radius 3 is 2.82 bits per heavy atom. The van der Waals surface area contributed by atoms with E-state index in [2.05, 4.69) is 21.2 Å². The van der Waals surface area contributed by atoms with E-state index in [0.29, 0.717) is 16.5 Å². The van der Waals surface area contributed by atoms with Gasteiger partial charge in [0.05, 0.1) is 17.8 Å². The van der Waals surface area contributed by atoms with Gasteiger partial charge in [-0.1, -0.05) is 11.6 Å². The van der Waals surface area contributed by atoms with Gasteiger partial charge in [-0.3, -0.25) is 9.59 Å². The first-order valence-electron chi connectivity index (χ1n) is 6.49. The first-order chi connectivity index (χ1) is 10.5. The van der Waals surface area contributed by atoms with Crippen LogP contribution in [0.1, 0.15) is 6.42 Å². The zero-order valence-electron chi connectivity index (χ0n) is 11.8. The van der Waals surface area contributed by atoms with Crippen molar-refractivity contribution in [2.75, 3.05) is 12.4 Å². The number of carbonyl (C=O) groups excluding carboxylic acids is 1. The number of pyridine rings is 1. The van der Waals surface area contributed by atoms with Crippen molar-refractivity contribution in [2.45, 2.75) is 13.0 Å². The highest BCUT2D eigenvalue weighted by molar-refractivity contribution is 9.10. The predicted molar refractivity (Wildman–Crippen MR) is 89.7 cm³/mol. The van der Waals surface area contributed by atoms with Crippen LogP contribution in [0.15, 0.2) is 45.8 Å². The highest BCUT2D eigenvalue weighted by Gasteiger charge is 2.08. The summed E-state index contributed by atoms with van der Waals surface area (Å²) >= 11 is 9.35. The van der Waals surface area contributed by atoms with Crippen molar-refractivity contribution in [1.82, 2.24) is 4.57 Å². The number of aryl methyl sites for hydroxylation is 1. The number of methoxy groups -OCH3 is 1. The number of carbonyl (C=O) groups is 1. The molecule has 0 aliphatic rings. The standard InChI is InChI=1S/C15H14BrClN2O3/c1-22-11-3-4-13(12(17)8-11)18-14(20)6-7-19-9-10(16)2-5-15(19)21/h2-5,8-9H,6-7H2,1H3,(H,18,20). The van der Waals surface area contributed by atoms with E-state index in [1.54, 1.807) is 37.6 Å². The molecule has 0 fully saturated rings. The molecule has 2 aromatic rings. The van der Waals surface area contributed by atoms with E-state index in [1.807, 2.05) is 0 Å². The second-order valence-corrected chi connectivity index (χ2v) is 5.85. The number of hydrogen-bond donors (Lipinski definition) is 1. The maximum absolute atomic E-state index is 12.0. The zero-order valence-corrected chi connectivity index (χ0v) is 14.1. The van der Waals surface area contributed by atoms with Crippen LogP contribution in [0.3, 0.4) is 0 Å². The Kier molecular flexibility index (Phi) is 5.63. The lowest BCUT2D eigenvalue weighted by molar-refractivity contribution is -0.116. The predicted octanol–water partition coefficient (Wildman–Crippen LogP) is 3.30. The van der Waals surface area contributed by atoms with Gasteiger partial charge in [0.15, 0.2) is 0 Å². The van der Waals surface area contributed by atoms with Crippen molar-refractivity contribution in [3.05, 3.63) is 56.4 Å². The Balaban J connectivity index is 1.98. The number of benzene rings is 1. The number of hydrogen-bond acceptors (Lipinski definition) is 3. The number of nitrogens with one attached hydrogen (secondary N) is 1. The smallest absolute Gasteiger partial charge is 0.250 e. The summed E-state index contributed by atoms with van der Waals surface area (Å²) in [6.45, 7) is 0.290. The van der Waals surface area contributed by atoms with Crippen LogP contribution in [0.4, 0.5) is 5.69 Å². The van der Waals surface area contributed by atoms with Crippen molar-refractivity contribution in [3.8, 4) is 5.75 Å². The molecule has 1 aromatic heterocycles. The molecule has 0 aliphatic carbocycles. The fraction of sp³-hybridized carbons (Fsp3) is 0.200. The third-order valence-corrected chi connectivity index (χ3v) is 3.76. The van der Waals surface area contributed by atoms with Crippen LogP contribution >= 0.6 is 27.5 Å². The van der Waals surface area contributed by atoms with Crippen molar-refractivity contribution in [1.29, 1.82) is 0 Å². The molecule has 22 heavy (non-hydrogen) atoms. The second-order valence-electron chi connectivity index (χ2n) is 4.52. The summed E-state index contributed by atoms with van der Waals surface area (Å²) in [7, 11) is 1.54. The lowest BCUT2D eigenvalue weighted by Crippen LogP contribution is -2.22. The van der Waals surface area contributed by atoms with Crippen molar-refractivity contribution in [2.24, 2.45) is 0 Å². The van der Waals surface area contributed by atoms with Crippen LogP contribution in [-0.2, 0) is 11.3 Å². The van der Waals surface area contributed by atoms with E-state index < -0.39 is 0 Å². The summed E-state index contributed by atoms with van der Waals surface area (Å²) in [4.78, 5) is 23.6. The van der Waals surface area contributed by atoms with Crippen LogP contribution in [-0.4, -0.2) is 17.6 Å². The molecule has 0 saturated heterocycles. The molecule has 1 aromatic carbocycles. The van der Waals surface area contributed by atoms with Gasteiger partial charge in [-0.25, -0.2) is 0 Å². The molecule has 0 saturated carbocycles. The Labute approximate surface area is 141 Å². The summed E-state index contributed by atoms with van der Waals surface area (Å²) in [5.41, 5.74) is 0.354. The quantitative estimate of drug-likeness (QED) is 0.859. The molecule has 0 spiro atoms. The molecule has 0 radical (unpaired) electrons. The number of rotatable bonds is 5. The maximum Gasteiger partial charge on any atom is 0.250 e. The lowest BCUT2D eigenvalue weighted by Gasteiger charge is -2.09. The van der Waals surface area contributed by atoms with Crippen LogP contribution in [0.5, 0.6) is 5.75 Å². The molecule has 1 heterocycles. The third kappa shape index (κ3) is 4.35. The molecule has 7 heteroatoms. The number of amides is 1. The van der Waals surface area contributed by atoms with Gasteiger partial charge in [-0.2, -0.15) is 0 Å². The van der Waals surface area contributed by atoms with Crippen molar-refractivity contribution >= 4 is 39.1 Å². The normalized spacial score (nSPS) is 10.3. The van der Waals surface area contributed by atoms with Crippen LogP contribution in [0.2, 0.25) is 5.02 Å². The van der Waals surface area contributed by atoms with Crippen LogP contribution in [0.25, 0.3) is 0 Å². The van der Waals surface area contributed by atoms with Crippen molar-refractivity contribution in [3.63, 3.8) is 0 Å². The number of nitrogens with zero attached hydrogens (tertiary/aromatic N) is 1. The average molecular weight is 386 g/mol. The zero-order chi connectivity index (χ0) is 16.1. The molecule has 2 rings (SSSR count). The largest absolute Gasteiger partial charge is 0.497 e. The minimum Gasteiger partial charge on any atom is -0.497 e. The molecule has 1 amide bonds. The topological polar surface area (TPSA) is 60.3 Å². The summed E-state index contributed by atoms with van der Waals surface area (Å²) in [6.07, 6.45) is 1.81. The SMILES string of the molecule is COc1ccc(NC(=O)CCn2cc(Br)ccc2=O)c(Cl)c1. The van der Waals surface area contributed by atoms with Gasteiger partial charge in [0, 0.05) is 35.8 Å². The van der Waals surface area contributed by atoms with E-state index in [1.165, 1.54) is 10.6 Å². The van der Waals surface area contributed by atoms with Crippen molar-refractivity contribution < 1.29 is 9.53 Å². The fourth-order valence-corrected chi connectivity index (χ4v) is 2.43. The Morgan fingerprint density at radius 1 is 1.36 bits per heavy atom. The molecular weight excluding hydrogens is 372 g/mol. The molecular formula is C15H14BrClN2O3. The van der Waals surface area contributed by atoms with E-state index >= 15 is 0 Å². The van der Waals surface area contributed by atoms with Crippen LogP contribution < -0.4 is 15.6 Å². The highest BCUT2D eigenvalue weighted by Crippen LogP contribution is 2.26. The first kappa shape index (κ1) is 16.6. The van der Waals surface area contributed by atoms with Gasteiger partial charge in [-0.05, 0) is 34.1 Å². The lowest BCUT2D eigenvalue weighted by atomic mass is 10.3. The minimum atomic E-state index is -0.223. The summed E-state index contributed by atoms with van der Waals surface area (Å²) in [6, 6.07) is 8.11. The summed E-state index contributed by atoms with van der Waals surface area (Å²) < 4.78 is 7.30. The van der Waals surface area contributed by atoms with Gasteiger partial charge in [0.25, 0.3) is 5.56 Å². The summed E-state index contributed by atoms with van der Waals surface area (Å²) in [5, 5.41) is 3.11. The molecule has 0 aliphatic heterocycles. The number of halogens is 2. The van der Waals surface area contributed by atoms with Gasteiger partial charge >= 0.3 is 0 Å². The van der Waals surface area contributed by atoms with Gasteiger partial charge in [0.2, 0.25) is 5.91 Å². The molecule has 0 atom stereocenters. The van der Waals surface area contributed by atoms with E-state index in [0.717, 1.165) is 4.47 Å². The van der Waals surface area contributed by atoms with Gasteiger partial charge in [0.1, 0.15) is 5.75 Å². The van der Waals surface area contributed by atoms with E-state index in [-0.39, 0.29) is 24.4 Å². The monoisotopic (exact) mass is 384 g/mol. The highest BCUT2D eigenvalue weighted by atomic mass is 79.9. The van der Waals surface area contributed by atoms with Gasteiger partial charge < -0.3 is 14.6 Å². The van der Waals surface area contributed by atoms with E-state index in [9.17, 15) is 9.59 Å². The Morgan fingerprint density at radius 2 is 2.14 bits per heavy atom. The first-order valence-corrected chi connectivity index (χ1v) is 7.66. The molecule has 1 N–H and O–H groups in total. The number of ether oxygens (including phenoxy) is 1. The second kappa shape index (κ2) is 7.47. The molecule has 0 bridgehead atoms. The average Bonchev–Trinajstić information content (AvgIpc) is 2.50. The third-order valence-electron chi connectivity index (χ3n) is 2.98. The van der Waals surface area contributed by atoms with E-state index in [4.69, 9.17) is 16.3 Å². The maximum atomic E-state index is 12.0. The summed E-state index contributed by atoms with van der Waals surface area (Å²) in [5.74, 6) is 0.391. The van der Waals surface area contributed by atoms with Crippen LogP contribution in [0, 0.1) is 0 Å². The molecule has 5 nitrogen and oxygen atoms in total. The molecule has 116 valence electrons. The van der Waals surface area contributed by atoms with Gasteiger partial charge in [-0.15, -0.1) is 0 Å². The Hall–Kier alpha value is -1.79. The Bertz CT molecular complexity index is 746. The fourth-order valence-electron chi connectivity index (χ4n) is 1.84. The minimum absolute atomic E-state index is 0.154. The number of anilines is 1. The molecule has 0 unspecified atom stereocenters. The number of aromatic nitrogens is 1.